The lowest BCUT2D eigenvalue weighted by atomic mass is 10.1. The summed E-state index contributed by atoms with van der Waals surface area (Å²) in [6.07, 6.45) is 3.72. The maximum atomic E-state index is 12.8. The van der Waals surface area contributed by atoms with E-state index in [0.717, 1.165) is 29.5 Å². The van der Waals surface area contributed by atoms with Crippen LogP contribution in [0.4, 0.5) is 5.82 Å². The van der Waals surface area contributed by atoms with Crippen molar-refractivity contribution in [1.29, 1.82) is 0 Å². The van der Waals surface area contributed by atoms with Crippen LogP contribution in [0.1, 0.15) is 38.4 Å². The fourth-order valence-electron chi connectivity index (χ4n) is 3.85. The maximum absolute atomic E-state index is 12.8. The van der Waals surface area contributed by atoms with E-state index < -0.39 is 10.1 Å². The molecule has 10 heteroatoms. The largest absolute Gasteiger partial charge is 0.384 e. The summed E-state index contributed by atoms with van der Waals surface area (Å²) < 4.78 is 28.6. The molecule has 0 aliphatic carbocycles. The highest BCUT2D eigenvalue weighted by molar-refractivity contribution is 7.86. The summed E-state index contributed by atoms with van der Waals surface area (Å²) in [6, 6.07) is 11.6. The molecule has 0 fully saturated rings. The second-order valence-electron chi connectivity index (χ2n) is 8.14. The smallest absolute Gasteiger partial charge is 0.296 e. The van der Waals surface area contributed by atoms with Gasteiger partial charge in [0, 0.05) is 47.7 Å². The van der Waals surface area contributed by atoms with Crippen molar-refractivity contribution in [2.24, 2.45) is 0 Å². The third-order valence-corrected chi connectivity index (χ3v) is 6.95. The summed E-state index contributed by atoms with van der Waals surface area (Å²) in [5, 5.41) is 3.59. The van der Waals surface area contributed by atoms with Gasteiger partial charge >= 0.3 is 0 Å². The minimum Gasteiger partial charge on any atom is -0.384 e. The first kappa shape index (κ1) is 24.2. The molecular weight excluding hydrogens is 466 g/mol. The average molecular weight is 492 g/mol. The van der Waals surface area contributed by atoms with Gasteiger partial charge in [0.15, 0.2) is 0 Å². The number of hydrogen-bond acceptors (Lipinski definition) is 8. The summed E-state index contributed by atoms with van der Waals surface area (Å²) in [5.74, 6) is 0.226. The predicted molar refractivity (Wildman–Crippen MR) is 132 cm³/mol. The zero-order chi connectivity index (χ0) is 25.2. The number of aromatic nitrogens is 3. The number of nitrogen functional groups attached to an aromatic ring is 1. The van der Waals surface area contributed by atoms with Gasteiger partial charge < -0.3 is 11.1 Å². The Morgan fingerprint density at radius 1 is 1.09 bits per heavy atom. The van der Waals surface area contributed by atoms with E-state index in [1.165, 1.54) is 12.1 Å². The van der Waals surface area contributed by atoms with Crippen molar-refractivity contribution in [2.75, 3.05) is 12.8 Å². The number of pyridine rings is 3. The Morgan fingerprint density at radius 2 is 1.89 bits per heavy atom. The molecule has 0 aliphatic heterocycles. The average Bonchev–Trinajstić information content (AvgIpc) is 2.83. The molecule has 0 atom stereocenters. The van der Waals surface area contributed by atoms with Crippen LogP contribution in [0.3, 0.4) is 0 Å². The number of carbonyl (C=O) groups is 1. The molecule has 0 saturated carbocycles. The Morgan fingerprint density at radius 3 is 2.63 bits per heavy atom. The molecule has 9 nitrogen and oxygen atoms in total. The molecule has 0 spiro atoms. The first-order valence-corrected chi connectivity index (χ1v) is 12.2. The highest BCUT2D eigenvalue weighted by Crippen LogP contribution is 2.21. The fourth-order valence-corrected chi connectivity index (χ4v) is 4.55. The van der Waals surface area contributed by atoms with Crippen LogP contribution in [0.15, 0.2) is 59.8 Å². The van der Waals surface area contributed by atoms with E-state index in [0.29, 0.717) is 40.9 Å². The number of nitrogens with two attached hydrogens (primary N) is 1. The van der Waals surface area contributed by atoms with E-state index in [-0.39, 0.29) is 10.8 Å². The lowest BCUT2D eigenvalue weighted by molar-refractivity contribution is 0.0950. The second-order valence-corrected chi connectivity index (χ2v) is 9.86. The van der Waals surface area contributed by atoms with Gasteiger partial charge in [0.1, 0.15) is 5.82 Å². The SMILES string of the molecule is COS(=O)(=O)c1ccc2ncc(Cc3cc(C(=O)NCc4c(C)cc(N)nc4C)ccn3)cc2c1. The number of benzene rings is 1. The van der Waals surface area contributed by atoms with Gasteiger partial charge in [0.05, 0.1) is 17.5 Å². The number of nitrogens with one attached hydrogen (secondary N) is 1. The van der Waals surface area contributed by atoms with Gasteiger partial charge in [0.2, 0.25) is 0 Å². The minimum atomic E-state index is -3.80. The number of amides is 1. The lowest BCUT2D eigenvalue weighted by Crippen LogP contribution is -2.24. The van der Waals surface area contributed by atoms with E-state index >= 15 is 0 Å². The number of aryl methyl sites for hydroxylation is 2. The van der Waals surface area contributed by atoms with Crippen molar-refractivity contribution in [3.8, 4) is 0 Å². The molecule has 4 rings (SSSR count). The van der Waals surface area contributed by atoms with Gasteiger partial charge in [-0.2, -0.15) is 8.42 Å². The van der Waals surface area contributed by atoms with Crippen molar-refractivity contribution in [3.05, 3.63) is 88.5 Å². The Hall–Kier alpha value is -3.89. The van der Waals surface area contributed by atoms with E-state index in [4.69, 9.17) is 5.73 Å². The zero-order valence-corrected chi connectivity index (χ0v) is 20.4. The third-order valence-electron chi connectivity index (χ3n) is 5.68. The Bertz CT molecular complexity index is 1510. The van der Waals surface area contributed by atoms with E-state index in [1.807, 2.05) is 19.9 Å². The zero-order valence-electron chi connectivity index (χ0n) is 19.6. The molecule has 3 heterocycles. The topological polar surface area (TPSA) is 137 Å². The maximum Gasteiger partial charge on any atom is 0.296 e. The standard InChI is InChI=1S/C25H25N5O4S/c1-15-8-24(26)30-16(2)22(15)14-29-25(31)18-6-7-27-20(11-18)10-17-9-19-12-21(35(32,33)34-3)4-5-23(19)28-13-17/h4-9,11-13H,10,14H2,1-3H3,(H2,26,30)(H,29,31). The number of anilines is 1. The van der Waals surface area contributed by atoms with Gasteiger partial charge in [-0.05, 0) is 73.0 Å². The van der Waals surface area contributed by atoms with Gasteiger partial charge in [-0.1, -0.05) is 0 Å². The minimum absolute atomic E-state index is 0.0602. The van der Waals surface area contributed by atoms with Crippen LogP contribution in [0.5, 0.6) is 0 Å². The number of rotatable bonds is 7. The first-order chi connectivity index (χ1) is 16.7. The quantitative estimate of drug-likeness (QED) is 0.376. The number of fused-ring (bicyclic) bond motifs is 1. The molecule has 0 bridgehead atoms. The summed E-state index contributed by atoms with van der Waals surface area (Å²) >= 11 is 0. The van der Waals surface area contributed by atoms with Crippen molar-refractivity contribution in [1.82, 2.24) is 20.3 Å². The van der Waals surface area contributed by atoms with E-state index in [1.54, 1.807) is 36.7 Å². The van der Waals surface area contributed by atoms with Crippen LogP contribution >= 0.6 is 0 Å². The molecule has 1 amide bonds. The van der Waals surface area contributed by atoms with Crippen LogP contribution in [0.2, 0.25) is 0 Å². The van der Waals surface area contributed by atoms with E-state index in [2.05, 4.69) is 24.5 Å². The predicted octanol–water partition coefficient (Wildman–Crippen LogP) is 3.08. The highest BCUT2D eigenvalue weighted by Gasteiger charge is 2.14. The molecule has 4 aromatic rings. The van der Waals surface area contributed by atoms with Crippen molar-refractivity contribution >= 4 is 32.7 Å². The van der Waals surface area contributed by atoms with Crippen LogP contribution in [-0.2, 0) is 27.3 Å². The Labute approximate surface area is 203 Å². The molecule has 1 aromatic carbocycles. The summed E-state index contributed by atoms with van der Waals surface area (Å²) in [5.41, 5.74) is 11.1. The Kier molecular flexibility index (Phi) is 6.77. The molecule has 35 heavy (non-hydrogen) atoms. The third kappa shape index (κ3) is 5.44. The van der Waals surface area contributed by atoms with Crippen molar-refractivity contribution in [2.45, 2.75) is 31.7 Å². The van der Waals surface area contributed by atoms with Crippen LogP contribution in [0, 0.1) is 13.8 Å². The van der Waals surface area contributed by atoms with Gasteiger partial charge in [0.25, 0.3) is 16.0 Å². The van der Waals surface area contributed by atoms with Crippen LogP contribution < -0.4 is 11.1 Å². The molecule has 0 aliphatic rings. The summed E-state index contributed by atoms with van der Waals surface area (Å²) in [7, 11) is -2.68. The van der Waals surface area contributed by atoms with Gasteiger partial charge in [-0.15, -0.1) is 0 Å². The lowest BCUT2D eigenvalue weighted by Gasteiger charge is -2.12. The van der Waals surface area contributed by atoms with Gasteiger partial charge in [-0.25, -0.2) is 4.98 Å². The molecule has 0 saturated heterocycles. The fraction of sp³-hybridized carbons (Fsp3) is 0.200. The van der Waals surface area contributed by atoms with Crippen molar-refractivity contribution in [3.63, 3.8) is 0 Å². The molecule has 3 aromatic heterocycles. The highest BCUT2D eigenvalue weighted by atomic mass is 32.2. The van der Waals surface area contributed by atoms with Crippen LogP contribution in [-0.4, -0.2) is 36.4 Å². The Balaban J connectivity index is 1.51. The summed E-state index contributed by atoms with van der Waals surface area (Å²) in [4.78, 5) is 25.9. The van der Waals surface area contributed by atoms with Gasteiger partial charge in [-0.3, -0.25) is 18.9 Å². The van der Waals surface area contributed by atoms with Crippen molar-refractivity contribution < 1.29 is 17.4 Å². The monoisotopic (exact) mass is 491 g/mol. The first-order valence-electron chi connectivity index (χ1n) is 10.8. The number of nitrogens with zero attached hydrogens (tertiary/aromatic N) is 3. The second kappa shape index (κ2) is 9.77. The molecular formula is C25H25N5O4S. The normalized spacial score (nSPS) is 11.5. The molecule has 180 valence electrons. The molecule has 3 N–H and O–H groups in total. The summed E-state index contributed by atoms with van der Waals surface area (Å²) in [6.45, 7) is 4.13. The van der Waals surface area contributed by atoms with E-state index in [9.17, 15) is 13.2 Å². The van der Waals surface area contributed by atoms with Crippen LogP contribution in [0.25, 0.3) is 10.9 Å². The molecule has 0 unspecified atom stereocenters. The molecule has 0 radical (unpaired) electrons. The number of hydrogen-bond donors (Lipinski definition) is 2. The number of carbonyl (C=O) groups excluding carboxylic acids is 1.